The number of aryl methyl sites for hydroxylation is 2. The Kier molecular flexibility index (Phi) is 2.23. The van der Waals surface area contributed by atoms with Crippen LogP contribution in [0.1, 0.15) is 5.82 Å². The third-order valence-electron chi connectivity index (χ3n) is 1.27. The van der Waals surface area contributed by atoms with Crippen LogP contribution in [0.15, 0.2) is 9.50 Å². The normalized spacial score (nSPS) is 10.6. The van der Waals surface area contributed by atoms with Gasteiger partial charge in [0.15, 0.2) is 4.34 Å². The highest BCUT2D eigenvalue weighted by Gasteiger charge is 2.07. The fourth-order valence-electron chi connectivity index (χ4n) is 0.705. The maximum absolute atomic E-state index is 4.19. The summed E-state index contributed by atoms with van der Waals surface area (Å²) in [6.07, 6.45) is 0. The summed E-state index contributed by atoms with van der Waals surface area (Å²) in [5.41, 5.74) is 0. The van der Waals surface area contributed by atoms with E-state index < -0.39 is 0 Å². The van der Waals surface area contributed by atoms with Crippen LogP contribution in [0.25, 0.3) is 0 Å². The number of rotatable bonds is 2. The second-order valence-electron chi connectivity index (χ2n) is 2.29. The van der Waals surface area contributed by atoms with Crippen LogP contribution in [0.3, 0.4) is 0 Å². The Morgan fingerprint density at radius 1 is 1.46 bits per heavy atom. The van der Waals surface area contributed by atoms with Gasteiger partial charge in [-0.15, -0.1) is 5.10 Å². The second-order valence-corrected chi connectivity index (χ2v) is 4.26. The predicted octanol–water partition coefficient (Wildman–Crippen LogP) is 0.521. The molecule has 2 aromatic rings. The molecule has 2 heterocycles. The summed E-state index contributed by atoms with van der Waals surface area (Å²) in [6.45, 7) is 1.86. The highest BCUT2D eigenvalue weighted by atomic mass is 32.2. The standard InChI is InChI=1S/C5H6N6S2/c1-3-6-5(13-8-3)12-4-7-9-10-11(4)2/h1-2H3. The maximum Gasteiger partial charge on any atom is 0.216 e. The predicted molar refractivity (Wildman–Crippen MR) is 47.6 cm³/mol. The van der Waals surface area contributed by atoms with Gasteiger partial charge < -0.3 is 0 Å². The van der Waals surface area contributed by atoms with E-state index in [2.05, 4.69) is 24.9 Å². The molecule has 0 aromatic carbocycles. The van der Waals surface area contributed by atoms with Crippen LogP contribution >= 0.6 is 23.3 Å². The van der Waals surface area contributed by atoms with Crippen molar-refractivity contribution in [1.82, 2.24) is 29.6 Å². The summed E-state index contributed by atoms with van der Waals surface area (Å²) in [4.78, 5) is 4.19. The molecular formula is C5H6N6S2. The third-order valence-corrected chi connectivity index (χ3v) is 3.14. The van der Waals surface area contributed by atoms with Crippen LogP contribution in [-0.4, -0.2) is 29.6 Å². The lowest BCUT2D eigenvalue weighted by molar-refractivity contribution is 0.664. The molecule has 0 unspecified atom stereocenters. The van der Waals surface area contributed by atoms with Crippen LogP contribution in [0, 0.1) is 6.92 Å². The molecule has 0 radical (unpaired) electrons. The van der Waals surface area contributed by atoms with Gasteiger partial charge in [0.25, 0.3) is 0 Å². The molecule has 0 fully saturated rings. The molecule has 6 nitrogen and oxygen atoms in total. The third kappa shape index (κ3) is 1.83. The van der Waals surface area contributed by atoms with E-state index in [9.17, 15) is 0 Å². The SMILES string of the molecule is Cc1nsc(Sc2nnnn2C)n1. The molecule has 0 saturated carbocycles. The van der Waals surface area contributed by atoms with Crippen molar-refractivity contribution in [3.8, 4) is 0 Å². The van der Waals surface area contributed by atoms with Gasteiger partial charge in [-0.2, -0.15) is 4.37 Å². The molecule has 2 rings (SSSR count). The topological polar surface area (TPSA) is 69.4 Å². The zero-order valence-corrected chi connectivity index (χ0v) is 8.63. The lowest BCUT2D eigenvalue weighted by Crippen LogP contribution is -1.92. The quantitative estimate of drug-likeness (QED) is 0.726. The van der Waals surface area contributed by atoms with Crippen LogP contribution in [0.4, 0.5) is 0 Å². The monoisotopic (exact) mass is 214 g/mol. The van der Waals surface area contributed by atoms with Gasteiger partial charge in [0.1, 0.15) is 5.82 Å². The van der Waals surface area contributed by atoms with Crippen LogP contribution in [-0.2, 0) is 7.05 Å². The molecule has 0 N–H and O–H groups in total. The first-order chi connectivity index (χ1) is 6.25. The van der Waals surface area contributed by atoms with Gasteiger partial charge in [-0.3, -0.25) is 0 Å². The van der Waals surface area contributed by atoms with Crippen molar-refractivity contribution < 1.29 is 0 Å². The summed E-state index contributed by atoms with van der Waals surface area (Å²) >= 11 is 2.76. The van der Waals surface area contributed by atoms with Crippen molar-refractivity contribution in [3.05, 3.63) is 5.82 Å². The molecule has 0 amide bonds. The summed E-state index contributed by atoms with van der Waals surface area (Å²) in [5, 5.41) is 11.8. The Hall–Kier alpha value is -1.02. The average molecular weight is 214 g/mol. The van der Waals surface area contributed by atoms with E-state index >= 15 is 0 Å². The first kappa shape index (κ1) is 8.57. The van der Waals surface area contributed by atoms with E-state index in [4.69, 9.17) is 0 Å². The van der Waals surface area contributed by atoms with E-state index in [-0.39, 0.29) is 0 Å². The zero-order valence-electron chi connectivity index (χ0n) is 7.00. The molecule has 0 spiro atoms. The van der Waals surface area contributed by atoms with Gasteiger partial charge in [0.05, 0.1) is 0 Å². The van der Waals surface area contributed by atoms with E-state index in [1.807, 2.05) is 6.92 Å². The van der Waals surface area contributed by atoms with E-state index in [1.165, 1.54) is 23.3 Å². The number of hydrogen-bond donors (Lipinski definition) is 0. The fourth-order valence-corrected chi connectivity index (χ4v) is 2.19. The number of aromatic nitrogens is 6. The second kappa shape index (κ2) is 3.38. The van der Waals surface area contributed by atoms with Crippen LogP contribution in [0.2, 0.25) is 0 Å². The minimum atomic E-state index is 0.719. The molecule has 0 atom stereocenters. The number of tetrazole rings is 1. The average Bonchev–Trinajstić information content (AvgIpc) is 2.64. The number of nitrogens with zero attached hydrogens (tertiary/aromatic N) is 6. The maximum atomic E-state index is 4.19. The highest BCUT2D eigenvalue weighted by Crippen LogP contribution is 2.25. The van der Waals surface area contributed by atoms with E-state index in [1.54, 1.807) is 11.7 Å². The Bertz CT molecular complexity index is 407. The van der Waals surface area contributed by atoms with Crippen molar-refractivity contribution in [1.29, 1.82) is 0 Å². The van der Waals surface area contributed by atoms with Crippen LogP contribution < -0.4 is 0 Å². The number of hydrogen-bond acceptors (Lipinski definition) is 7. The minimum Gasteiger partial charge on any atom is -0.223 e. The van der Waals surface area contributed by atoms with Crippen molar-refractivity contribution in [2.75, 3.05) is 0 Å². The molecular weight excluding hydrogens is 208 g/mol. The Morgan fingerprint density at radius 3 is 2.85 bits per heavy atom. The smallest absolute Gasteiger partial charge is 0.216 e. The summed E-state index contributed by atoms with van der Waals surface area (Å²) in [7, 11) is 1.79. The van der Waals surface area contributed by atoms with Gasteiger partial charge in [-0.25, -0.2) is 9.67 Å². The summed E-state index contributed by atoms with van der Waals surface area (Å²) < 4.78 is 6.51. The molecule has 68 valence electrons. The summed E-state index contributed by atoms with van der Waals surface area (Å²) in [6, 6.07) is 0. The van der Waals surface area contributed by atoms with Gasteiger partial charge in [0.2, 0.25) is 5.16 Å². The van der Waals surface area contributed by atoms with Gasteiger partial charge in [-0.05, 0) is 40.6 Å². The molecule has 0 aliphatic carbocycles. The van der Waals surface area contributed by atoms with Crippen molar-refractivity contribution in [2.24, 2.45) is 7.05 Å². The van der Waals surface area contributed by atoms with E-state index in [0.717, 1.165) is 15.3 Å². The first-order valence-corrected chi connectivity index (χ1v) is 5.05. The Morgan fingerprint density at radius 2 is 2.31 bits per heavy atom. The zero-order chi connectivity index (χ0) is 9.26. The molecule has 0 aliphatic rings. The molecule has 0 aliphatic heterocycles. The first-order valence-electron chi connectivity index (χ1n) is 3.46. The van der Waals surface area contributed by atoms with Gasteiger partial charge in [0, 0.05) is 7.05 Å². The Labute approximate surface area is 82.5 Å². The largest absolute Gasteiger partial charge is 0.223 e. The lowest BCUT2D eigenvalue weighted by Gasteiger charge is -1.91. The highest BCUT2D eigenvalue weighted by molar-refractivity contribution is 8.00. The van der Waals surface area contributed by atoms with E-state index in [0.29, 0.717) is 0 Å². The molecule has 8 heteroatoms. The van der Waals surface area contributed by atoms with Crippen molar-refractivity contribution >= 4 is 23.3 Å². The fraction of sp³-hybridized carbons (Fsp3) is 0.400. The lowest BCUT2D eigenvalue weighted by atomic mass is 10.8. The van der Waals surface area contributed by atoms with Crippen LogP contribution in [0.5, 0.6) is 0 Å². The molecule has 2 aromatic heterocycles. The molecule has 0 bridgehead atoms. The van der Waals surface area contributed by atoms with Crippen molar-refractivity contribution in [2.45, 2.75) is 16.4 Å². The van der Waals surface area contributed by atoms with Gasteiger partial charge >= 0.3 is 0 Å². The minimum absolute atomic E-state index is 0.719. The molecule has 0 saturated heterocycles. The Balaban J connectivity index is 2.19. The summed E-state index contributed by atoms with van der Waals surface area (Å²) in [5.74, 6) is 0.780. The van der Waals surface area contributed by atoms with Crippen molar-refractivity contribution in [3.63, 3.8) is 0 Å². The molecule has 13 heavy (non-hydrogen) atoms. The van der Waals surface area contributed by atoms with Gasteiger partial charge in [-0.1, -0.05) is 0 Å².